The van der Waals surface area contributed by atoms with Crippen molar-refractivity contribution in [1.29, 1.82) is 0 Å². The minimum absolute atomic E-state index is 0.0392. The van der Waals surface area contributed by atoms with Gasteiger partial charge in [0, 0.05) is 19.2 Å². The Bertz CT molecular complexity index is 934. The number of aliphatic hydroxyl groups excluding tert-OH is 1. The van der Waals surface area contributed by atoms with E-state index in [1.165, 1.54) is 30.7 Å². The summed E-state index contributed by atoms with van der Waals surface area (Å²) in [6.45, 7) is 3.69. The van der Waals surface area contributed by atoms with Crippen LogP contribution in [0.5, 0.6) is 0 Å². The normalized spacial score (nSPS) is 28.8. The summed E-state index contributed by atoms with van der Waals surface area (Å²) in [5.74, 6) is -0.299. The van der Waals surface area contributed by atoms with E-state index >= 15 is 0 Å². The van der Waals surface area contributed by atoms with Crippen molar-refractivity contribution in [3.05, 3.63) is 27.4 Å². The molecule has 176 valence electrons. The van der Waals surface area contributed by atoms with E-state index in [2.05, 4.69) is 10.3 Å². The molecule has 0 spiro atoms. The first-order valence-corrected chi connectivity index (χ1v) is 11.5. The lowest BCUT2D eigenvalue weighted by Crippen LogP contribution is -2.44. The van der Waals surface area contributed by atoms with Gasteiger partial charge in [-0.2, -0.15) is 0 Å². The molecule has 0 bridgehead atoms. The summed E-state index contributed by atoms with van der Waals surface area (Å²) in [6, 6.07) is 0.704. The minimum Gasteiger partial charge on any atom is -0.387 e. The first kappa shape index (κ1) is 25.8. The molecule has 1 aromatic rings. The molecule has 1 aromatic heterocycles. The van der Waals surface area contributed by atoms with Crippen LogP contribution in [0, 0.1) is 4.77 Å². The van der Waals surface area contributed by atoms with Gasteiger partial charge in [-0.3, -0.25) is 28.2 Å². The number of ether oxygens (including phenoxy) is 1. The lowest BCUT2D eigenvalue weighted by molar-refractivity contribution is -0.120. The number of carbonyl (C=O) groups is 1. The van der Waals surface area contributed by atoms with Crippen LogP contribution in [-0.2, 0) is 23.1 Å². The molecular weight excluding hydrogens is 453 g/mol. The number of amides is 1. The van der Waals surface area contributed by atoms with Gasteiger partial charge in [-0.25, -0.2) is 4.57 Å². The summed E-state index contributed by atoms with van der Waals surface area (Å²) >= 11 is 5.06. The molecule has 1 fully saturated rings. The first-order valence-electron chi connectivity index (χ1n) is 9.63. The molecule has 0 saturated carbocycles. The third kappa shape index (κ3) is 6.77. The van der Waals surface area contributed by atoms with Crippen molar-refractivity contribution < 1.29 is 38.3 Å². The Morgan fingerprint density at radius 3 is 2.77 bits per heavy atom. The maximum atomic E-state index is 12.2. The molecule has 0 aromatic carbocycles. The number of phosphoric acid groups is 1. The van der Waals surface area contributed by atoms with Gasteiger partial charge in [-0.05, 0) is 25.6 Å². The third-order valence-corrected chi connectivity index (χ3v) is 6.01. The Kier molecular flexibility index (Phi) is 8.70. The molecule has 5 N–H and O–H groups in total. The smallest absolute Gasteiger partial charge is 0.387 e. The van der Waals surface area contributed by atoms with E-state index in [0.717, 1.165) is 6.42 Å². The van der Waals surface area contributed by atoms with E-state index in [1.54, 1.807) is 0 Å². The van der Waals surface area contributed by atoms with Crippen molar-refractivity contribution >= 4 is 25.9 Å². The van der Waals surface area contributed by atoms with Crippen molar-refractivity contribution in [2.45, 2.75) is 63.7 Å². The molecule has 0 radical (unpaired) electrons. The lowest BCUT2D eigenvalue weighted by Gasteiger charge is -2.28. The molecule has 2 rings (SSSR count). The van der Waals surface area contributed by atoms with Crippen LogP contribution >= 0.6 is 20.0 Å². The number of rotatable bonds is 10. The maximum absolute atomic E-state index is 12.2. The Morgan fingerprint density at radius 1 is 1.52 bits per heavy atom. The van der Waals surface area contributed by atoms with Crippen LogP contribution in [0.4, 0.5) is 0 Å². The van der Waals surface area contributed by atoms with Crippen LogP contribution in [0.2, 0.25) is 0 Å². The SMILES string of the molecule is CCC[C@H](COP(=O)(O)OC[C@H]1O[C@@H](n2ccc(=O)[nH]c2=S)C(C)(O)[C@H]1O)NC(C)=O. The molecular formula is C17H28N3O9PS. The predicted octanol–water partition coefficient (Wildman–Crippen LogP) is 0.354. The number of phosphoric ester groups is 1. The van der Waals surface area contributed by atoms with Crippen LogP contribution in [-0.4, -0.2) is 67.6 Å². The average Bonchev–Trinajstić information content (AvgIpc) is 2.88. The van der Waals surface area contributed by atoms with Gasteiger partial charge in [0.15, 0.2) is 11.0 Å². The number of hydrogen-bond donors (Lipinski definition) is 5. The van der Waals surface area contributed by atoms with Crippen molar-refractivity contribution in [3.63, 3.8) is 0 Å². The second kappa shape index (κ2) is 10.5. The monoisotopic (exact) mass is 481 g/mol. The second-order valence-corrected chi connectivity index (χ2v) is 9.30. The molecule has 1 saturated heterocycles. The van der Waals surface area contributed by atoms with Crippen LogP contribution in [0.15, 0.2) is 17.1 Å². The summed E-state index contributed by atoms with van der Waals surface area (Å²) in [4.78, 5) is 34.9. The zero-order valence-corrected chi connectivity index (χ0v) is 19.1. The predicted molar refractivity (Wildman–Crippen MR) is 111 cm³/mol. The van der Waals surface area contributed by atoms with E-state index in [9.17, 15) is 29.3 Å². The van der Waals surface area contributed by atoms with Gasteiger partial charge >= 0.3 is 7.82 Å². The largest absolute Gasteiger partial charge is 0.472 e. The van der Waals surface area contributed by atoms with E-state index < -0.39 is 50.1 Å². The summed E-state index contributed by atoms with van der Waals surface area (Å²) in [5.41, 5.74) is -2.29. The number of aromatic amines is 1. The van der Waals surface area contributed by atoms with Crippen LogP contribution < -0.4 is 10.9 Å². The van der Waals surface area contributed by atoms with E-state index in [-0.39, 0.29) is 17.3 Å². The number of nitrogens with zero attached hydrogens (tertiary/aromatic N) is 1. The molecule has 2 heterocycles. The Morgan fingerprint density at radius 2 is 2.19 bits per heavy atom. The fourth-order valence-corrected chi connectivity index (χ4v) is 4.25. The molecule has 1 amide bonds. The lowest BCUT2D eigenvalue weighted by atomic mass is 9.96. The van der Waals surface area contributed by atoms with Crippen LogP contribution in [0.1, 0.15) is 39.8 Å². The first-order chi connectivity index (χ1) is 14.4. The Labute approximate surface area is 183 Å². The number of aliphatic hydroxyl groups is 2. The van der Waals surface area contributed by atoms with E-state index in [0.29, 0.717) is 6.42 Å². The van der Waals surface area contributed by atoms with Crippen molar-refractivity contribution in [2.75, 3.05) is 13.2 Å². The van der Waals surface area contributed by atoms with E-state index in [4.69, 9.17) is 26.0 Å². The standard InChI is InChI=1S/C17H28N3O9PS/c1-4-5-11(18-10(2)21)8-27-30(25,26)28-9-12-14(23)17(3,24)15(29-12)20-7-6-13(22)19-16(20)31/h6-7,11-12,14-15,23-24H,4-5,8-9H2,1-3H3,(H,18,21)(H,25,26)(H,19,22,31)/t11-,12-,14+,15-,17?/m1/s1. The highest BCUT2D eigenvalue weighted by Crippen LogP contribution is 2.45. The summed E-state index contributed by atoms with van der Waals surface area (Å²) in [5, 5.41) is 23.8. The highest BCUT2D eigenvalue weighted by Gasteiger charge is 2.53. The minimum atomic E-state index is -4.54. The van der Waals surface area contributed by atoms with Gasteiger partial charge in [0.05, 0.1) is 19.3 Å². The quantitative estimate of drug-likeness (QED) is 0.232. The highest BCUT2D eigenvalue weighted by molar-refractivity contribution is 7.71. The second-order valence-electron chi connectivity index (χ2n) is 7.46. The van der Waals surface area contributed by atoms with Gasteiger partial charge in [-0.1, -0.05) is 13.3 Å². The molecule has 0 aliphatic carbocycles. The number of nitrogens with one attached hydrogen (secondary N) is 2. The zero-order valence-electron chi connectivity index (χ0n) is 17.4. The summed E-state index contributed by atoms with van der Waals surface area (Å²) in [7, 11) is -4.54. The van der Waals surface area contributed by atoms with Gasteiger partial charge in [0.1, 0.15) is 17.8 Å². The highest BCUT2D eigenvalue weighted by atomic mass is 32.1. The Hall–Kier alpha value is -1.44. The summed E-state index contributed by atoms with van der Waals surface area (Å²) in [6.07, 6.45) is -1.33. The molecule has 1 aliphatic heterocycles. The number of hydrogen-bond acceptors (Lipinski definition) is 9. The molecule has 14 heteroatoms. The van der Waals surface area contributed by atoms with Crippen molar-refractivity contribution in [1.82, 2.24) is 14.9 Å². The molecule has 31 heavy (non-hydrogen) atoms. The van der Waals surface area contributed by atoms with Crippen LogP contribution in [0.3, 0.4) is 0 Å². The Balaban J connectivity index is 2.02. The average molecular weight is 481 g/mol. The fraction of sp³-hybridized carbons (Fsp3) is 0.706. The van der Waals surface area contributed by atoms with Crippen molar-refractivity contribution in [3.8, 4) is 0 Å². The maximum Gasteiger partial charge on any atom is 0.472 e. The van der Waals surface area contributed by atoms with Crippen LogP contribution in [0.25, 0.3) is 0 Å². The molecule has 2 unspecified atom stereocenters. The summed E-state index contributed by atoms with van der Waals surface area (Å²) < 4.78 is 28.9. The topological polar surface area (TPSA) is 172 Å². The van der Waals surface area contributed by atoms with Gasteiger partial charge in [-0.15, -0.1) is 0 Å². The van der Waals surface area contributed by atoms with E-state index in [1.807, 2.05) is 6.92 Å². The number of carbonyl (C=O) groups excluding carboxylic acids is 1. The third-order valence-electron chi connectivity index (χ3n) is 4.74. The number of aromatic nitrogens is 2. The zero-order chi connectivity index (χ0) is 23.4. The van der Waals surface area contributed by atoms with Crippen molar-refractivity contribution in [2.24, 2.45) is 0 Å². The molecule has 1 aliphatic rings. The van der Waals surface area contributed by atoms with Gasteiger partial charge in [0.25, 0.3) is 5.56 Å². The van der Waals surface area contributed by atoms with Gasteiger partial charge in [0.2, 0.25) is 5.91 Å². The van der Waals surface area contributed by atoms with Gasteiger partial charge < -0.3 is 25.2 Å². The molecule has 12 nitrogen and oxygen atoms in total. The fourth-order valence-electron chi connectivity index (χ4n) is 3.21. The molecule has 6 atom stereocenters. The number of H-pyrrole nitrogens is 1.